The van der Waals surface area contributed by atoms with E-state index in [2.05, 4.69) is 0 Å². The molecular formula is C32H41FO10. The Morgan fingerprint density at radius 1 is 1.12 bits per heavy atom. The molecule has 0 radical (unpaired) electrons. The number of carboxylic acids is 1. The maximum absolute atomic E-state index is 15.9. The molecular weight excluding hydrogens is 563 g/mol. The summed E-state index contributed by atoms with van der Waals surface area (Å²) in [7, 11) is 2.86. The largest absolute Gasteiger partial charge is 0.497 e. The minimum Gasteiger partial charge on any atom is -0.497 e. The Labute approximate surface area is 251 Å². The Morgan fingerprint density at radius 2 is 1.81 bits per heavy atom. The summed E-state index contributed by atoms with van der Waals surface area (Å²) in [5.41, 5.74) is 0.456. The van der Waals surface area contributed by atoms with E-state index >= 15 is 4.39 Å². The van der Waals surface area contributed by atoms with E-state index in [-0.39, 0.29) is 36.5 Å². The Morgan fingerprint density at radius 3 is 2.42 bits per heavy atom. The molecule has 11 heteroatoms. The van der Waals surface area contributed by atoms with Gasteiger partial charge in [0.2, 0.25) is 0 Å². The highest BCUT2D eigenvalue weighted by Crippen LogP contribution is 2.37. The summed E-state index contributed by atoms with van der Waals surface area (Å²) >= 11 is 0. The number of halogens is 1. The minimum atomic E-state index is -1.68. The van der Waals surface area contributed by atoms with Crippen LogP contribution in [0.4, 0.5) is 4.39 Å². The quantitative estimate of drug-likeness (QED) is 0.205. The van der Waals surface area contributed by atoms with Crippen LogP contribution in [0.25, 0.3) is 6.08 Å². The number of methoxy groups -OCH3 is 2. The van der Waals surface area contributed by atoms with Crippen molar-refractivity contribution in [2.75, 3.05) is 21.0 Å². The molecule has 10 nitrogen and oxygen atoms in total. The summed E-state index contributed by atoms with van der Waals surface area (Å²) in [6.45, 7) is 6.47. The van der Waals surface area contributed by atoms with Crippen molar-refractivity contribution >= 4 is 18.0 Å². The van der Waals surface area contributed by atoms with Gasteiger partial charge < -0.3 is 38.6 Å². The second kappa shape index (κ2) is 15.3. The standard InChI is InChI=1S/C32H41FO10/c1-19(20(2)34)15-24(33)28(41-31(37)21-11-8-7-9-12-21)29-25(42-32(3,4)43-29)14-10-13-22-16-23(39-6)17-26(40-18-38-5)27(22)30(35)36/h7-13,16-17,19-20,24-25,28-29,34H,14-15,18H2,1-6H3,(H,35,36)/b13-10+/t19-,20-,24?,25-,28?,29?/m0/s1. The van der Waals surface area contributed by atoms with Crippen LogP contribution in [-0.4, -0.2) is 79.5 Å². The first-order valence-corrected chi connectivity index (χ1v) is 14.0. The van der Waals surface area contributed by atoms with Gasteiger partial charge in [0.05, 0.1) is 24.9 Å². The van der Waals surface area contributed by atoms with Gasteiger partial charge in [0.25, 0.3) is 0 Å². The van der Waals surface area contributed by atoms with E-state index < -0.39 is 54.2 Å². The number of hydrogen-bond donors (Lipinski definition) is 2. The van der Waals surface area contributed by atoms with Crippen LogP contribution in [0.15, 0.2) is 48.5 Å². The second-order valence-corrected chi connectivity index (χ2v) is 10.9. The smallest absolute Gasteiger partial charge is 0.340 e. The van der Waals surface area contributed by atoms with Crippen molar-refractivity contribution in [3.8, 4) is 11.5 Å². The molecule has 1 heterocycles. The summed E-state index contributed by atoms with van der Waals surface area (Å²) in [5, 5.41) is 19.9. The third-order valence-corrected chi connectivity index (χ3v) is 7.13. The lowest BCUT2D eigenvalue weighted by molar-refractivity contribution is -0.160. The Kier molecular flexibility index (Phi) is 12.1. The molecule has 0 aromatic heterocycles. The molecule has 3 rings (SSSR count). The summed E-state index contributed by atoms with van der Waals surface area (Å²) < 4.78 is 49.6. The molecule has 1 saturated heterocycles. The van der Waals surface area contributed by atoms with Gasteiger partial charge in [-0.1, -0.05) is 37.3 Å². The fourth-order valence-electron chi connectivity index (χ4n) is 4.78. The van der Waals surface area contributed by atoms with Crippen molar-refractivity contribution in [1.82, 2.24) is 0 Å². The van der Waals surface area contributed by atoms with Gasteiger partial charge in [0.1, 0.15) is 29.3 Å². The van der Waals surface area contributed by atoms with E-state index in [1.165, 1.54) is 20.3 Å². The van der Waals surface area contributed by atoms with Crippen molar-refractivity contribution in [1.29, 1.82) is 0 Å². The van der Waals surface area contributed by atoms with E-state index in [9.17, 15) is 19.8 Å². The molecule has 0 spiro atoms. The molecule has 0 saturated carbocycles. The highest BCUT2D eigenvalue weighted by molar-refractivity contribution is 5.95. The third-order valence-electron chi connectivity index (χ3n) is 7.13. The van der Waals surface area contributed by atoms with Crippen molar-refractivity contribution < 1.29 is 52.6 Å². The summed E-state index contributed by atoms with van der Waals surface area (Å²) in [6.07, 6.45) is -2.24. The van der Waals surface area contributed by atoms with Gasteiger partial charge in [-0.2, -0.15) is 0 Å². The zero-order valence-electron chi connectivity index (χ0n) is 25.3. The number of aliphatic hydroxyl groups is 1. The van der Waals surface area contributed by atoms with Crippen LogP contribution in [0.5, 0.6) is 11.5 Å². The third kappa shape index (κ3) is 9.24. The SMILES string of the molecule is COCOc1cc(OC)cc(/C=C/C[C@@H]2OC(C)(C)OC2C(OC(=O)c2ccccc2)C(F)C[C@H](C)[C@H](C)O)c1C(=O)O. The molecule has 0 amide bonds. The van der Waals surface area contributed by atoms with Gasteiger partial charge >= 0.3 is 11.9 Å². The number of aliphatic hydroxyl groups excluding tert-OH is 1. The number of hydrogen-bond acceptors (Lipinski definition) is 9. The number of rotatable bonds is 15. The number of alkyl halides is 1. The number of ether oxygens (including phenoxy) is 6. The molecule has 3 unspecified atom stereocenters. The topological polar surface area (TPSA) is 130 Å². The average Bonchev–Trinajstić information content (AvgIpc) is 3.27. The first kappa shape index (κ1) is 34.0. The van der Waals surface area contributed by atoms with Crippen molar-refractivity contribution in [3.05, 3.63) is 65.2 Å². The summed E-state index contributed by atoms with van der Waals surface area (Å²) in [4.78, 5) is 25.2. The van der Waals surface area contributed by atoms with Gasteiger partial charge in [-0.05, 0) is 63.3 Å². The molecule has 236 valence electrons. The number of aromatic carboxylic acids is 1. The maximum Gasteiger partial charge on any atom is 0.340 e. The number of carbonyl (C=O) groups excluding carboxylic acids is 1. The normalized spacial score (nSPS) is 20.7. The van der Waals surface area contributed by atoms with Crippen molar-refractivity contribution in [2.45, 2.75) is 76.9 Å². The van der Waals surface area contributed by atoms with Crippen LogP contribution in [0.3, 0.4) is 0 Å². The maximum atomic E-state index is 15.9. The van der Waals surface area contributed by atoms with Crippen molar-refractivity contribution in [3.63, 3.8) is 0 Å². The molecule has 0 aliphatic carbocycles. The summed E-state index contributed by atoms with van der Waals surface area (Å²) in [5.74, 6) is -3.04. The molecule has 1 fully saturated rings. The predicted octanol–water partition coefficient (Wildman–Crippen LogP) is 5.27. The van der Waals surface area contributed by atoms with Crippen molar-refractivity contribution in [2.24, 2.45) is 5.92 Å². The number of carboxylic acid groups (broad SMARTS) is 1. The Bertz CT molecular complexity index is 1250. The van der Waals surface area contributed by atoms with Gasteiger partial charge in [-0.3, -0.25) is 0 Å². The van der Waals surface area contributed by atoms with Crippen LogP contribution in [-0.2, 0) is 18.9 Å². The molecule has 6 atom stereocenters. The first-order chi connectivity index (χ1) is 20.4. The van der Waals surface area contributed by atoms with E-state index in [1.54, 1.807) is 76.2 Å². The fraction of sp³-hybridized carbons (Fsp3) is 0.500. The highest BCUT2D eigenvalue weighted by atomic mass is 19.1. The zero-order chi connectivity index (χ0) is 31.7. The Balaban J connectivity index is 1.92. The van der Waals surface area contributed by atoms with Crippen LogP contribution < -0.4 is 9.47 Å². The van der Waals surface area contributed by atoms with Gasteiger partial charge in [-0.25, -0.2) is 14.0 Å². The first-order valence-electron chi connectivity index (χ1n) is 14.0. The van der Waals surface area contributed by atoms with Crippen LogP contribution in [0.2, 0.25) is 0 Å². The monoisotopic (exact) mass is 604 g/mol. The summed E-state index contributed by atoms with van der Waals surface area (Å²) in [6, 6.07) is 11.2. The lowest BCUT2D eigenvalue weighted by Crippen LogP contribution is -2.45. The average molecular weight is 605 g/mol. The minimum absolute atomic E-state index is 0.0631. The molecule has 2 aromatic rings. The number of esters is 1. The van der Waals surface area contributed by atoms with E-state index in [4.69, 9.17) is 28.4 Å². The molecule has 1 aliphatic heterocycles. The molecule has 1 aliphatic rings. The highest BCUT2D eigenvalue weighted by Gasteiger charge is 2.49. The fourth-order valence-corrected chi connectivity index (χ4v) is 4.78. The van der Waals surface area contributed by atoms with E-state index in [1.807, 2.05) is 0 Å². The Hall–Kier alpha value is -3.51. The van der Waals surface area contributed by atoms with E-state index in [0.29, 0.717) is 11.3 Å². The van der Waals surface area contributed by atoms with Crippen LogP contribution in [0, 0.1) is 5.92 Å². The number of carbonyl (C=O) groups is 2. The van der Waals surface area contributed by atoms with E-state index in [0.717, 1.165) is 0 Å². The zero-order valence-corrected chi connectivity index (χ0v) is 25.3. The molecule has 2 N–H and O–H groups in total. The van der Waals surface area contributed by atoms with Gasteiger partial charge in [0, 0.05) is 13.2 Å². The second-order valence-electron chi connectivity index (χ2n) is 10.9. The number of benzene rings is 2. The van der Waals surface area contributed by atoms with Crippen LogP contribution in [0.1, 0.15) is 66.8 Å². The lowest BCUT2D eigenvalue weighted by atomic mass is 9.92. The predicted molar refractivity (Wildman–Crippen MR) is 156 cm³/mol. The molecule has 2 aromatic carbocycles. The van der Waals surface area contributed by atoms with Gasteiger partial charge in [0.15, 0.2) is 18.7 Å². The van der Waals surface area contributed by atoms with Crippen LogP contribution >= 0.6 is 0 Å². The molecule has 0 bridgehead atoms. The lowest BCUT2D eigenvalue weighted by Gasteiger charge is -2.30. The van der Waals surface area contributed by atoms with Gasteiger partial charge in [-0.15, -0.1) is 0 Å². The molecule has 43 heavy (non-hydrogen) atoms.